The van der Waals surface area contributed by atoms with Crippen LogP contribution in [0.15, 0.2) is 64.8 Å². The van der Waals surface area contributed by atoms with Crippen molar-refractivity contribution in [1.29, 1.82) is 0 Å². The molecule has 0 amide bonds. The highest BCUT2D eigenvalue weighted by Crippen LogP contribution is 2.49. The molecule has 0 bridgehead atoms. The maximum absolute atomic E-state index is 15.2. The van der Waals surface area contributed by atoms with E-state index in [2.05, 4.69) is 0 Å². The molecule has 164 valence electrons. The van der Waals surface area contributed by atoms with E-state index in [1.54, 1.807) is 25.1 Å². The molecule has 0 saturated heterocycles. The van der Waals surface area contributed by atoms with E-state index in [0.29, 0.717) is 10.6 Å². The van der Waals surface area contributed by atoms with Crippen LogP contribution in [0.5, 0.6) is 0 Å². The minimum atomic E-state index is -4.22. The smallest absolute Gasteiger partial charge is 0.337 e. The van der Waals surface area contributed by atoms with Crippen LogP contribution in [0.2, 0.25) is 5.02 Å². The summed E-state index contributed by atoms with van der Waals surface area (Å²) in [6, 6.07) is 9.79. The molecule has 0 aliphatic heterocycles. The Balaban J connectivity index is 2.32. The third kappa shape index (κ3) is 4.12. The second kappa shape index (κ2) is 8.85. The standard InChI is InChI=1S/C23H22ClFO5S/c1-3-4-15-5-10-20(25)19(13-15)23(12-11-21(26)18(14-23)22(27)30-2)31(28,29)17-8-6-16(24)7-9-17/h3-10,13,26H,11-12,14H2,1-2H3/b4-3+. The number of benzene rings is 2. The number of rotatable bonds is 5. The molecule has 31 heavy (non-hydrogen) atoms. The summed E-state index contributed by atoms with van der Waals surface area (Å²) in [6.45, 7) is 1.79. The van der Waals surface area contributed by atoms with Crippen LogP contribution in [0.25, 0.3) is 6.08 Å². The molecule has 0 aromatic heterocycles. The first-order valence-corrected chi connectivity index (χ1v) is 11.4. The summed E-state index contributed by atoms with van der Waals surface area (Å²) in [6.07, 6.45) is 2.82. The zero-order valence-electron chi connectivity index (χ0n) is 17.1. The topological polar surface area (TPSA) is 80.7 Å². The van der Waals surface area contributed by atoms with Gasteiger partial charge in [0.25, 0.3) is 0 Å². The molecule has 0 heterocycles. The Labute approximate surface area is 185 Å². The number of methoxy groups -OCH3 is 1. The predicted octanol–water partition coefficient (Wildman–Crippen LogP) is 5.35. The van der Waals surface area contributed by atoms with E-state index in [1.807, 2.05) is 0 Å². The van der Waals surface area contributed by atoms with Crippen molar-refractivity contribution in [3.63, 3.8) is 0 Å². The van der Waals surface area contributed by atoms with Gasteiger partial charge in [-0.25, -0.2) is 17.6 Å². The predicted molar refractivity (Wildman–Crippen MR) is 117 cm³/mol. The molecule has 0 spiro atoms. The molecule has 3 rings (SSSR count). The highest BCUT2D eigenvalue weighted by Gasteiger charge is 2.51. The van der Waals surface area contributed by atoms with E-state index in [9.17, 15) is 18.3 Å². The van der Waals surface area contributed by atoms with Gasteiger partial charge in [0.1, 0.15) is 16.3 Å². The van der Waals surface area contributed by atoms with E-state index >= 15 is 4.39 Å². The molecular weight excluding hydrogens is 443 g/mol. The third-order valence-corrected chi connectivity index (χ3v) is 8.23. The van der Waals surface area contributed by atoms with Crippen LogP contribution in [0.4, 0.5) is 4.39 Å². The lowest BCUT2D eigenvalue weighted by Crippen LogP contribution is -2.41. The van der Waals surface area contributed by atoms with E-state index < -0.39 is 32.8 Å². The van der Waals surface area contributed by atoms with Gasteiger partial charge in [0.05, 0.1) is 17.6 Å². The monoisotopic (exact) mass is 464 g/mol. The molecular formula is C23H22ClFO5S. The maximum atomic E-state index is 15.2. The van der Waals surface area contributed by atoms with Crippen molar-refractivity contribution >= 4 is 33.5 Å². The summed E-state index contributed by atoms with van der Waals surface area (Å²) in [5, 5.41) is 10.6. The molecule has 1 aliphatic rings. The number of carbonyl (C=O) groups is 1. The van der Waals surface area contributed by atoms with Gasteiger partial charge >= 0.3 is 5.97 Å². The molecule has 2 aromatic carbocycles. The molecule has 1 aliphatic carbocycles. The van der Waals surface area contributed by atoms with Crippen molar-refractivity contribution < 1.29 is 27.4 Å². The Kier molecular flexibility index (Phi) is 6.57. The third-order valence-electron chi connectivity index (χ3n) is 5.49. The SMILES string of the molecule is C/C=C/c1ccc(F)c(C2(S(=O)(=O)c3ccc(Cl)cc3)CCC(O)=C(C(=O)OC)C2)c1. The highest BCUT2D eigenvalue weighted by molar-refractivity contribution is 7.92. The number of esters is 1. The highest BCUT2D eigenvalue weighted by atomic mass is 35.5. The van der Waals surface area contributed by atoms with Gasteiger partial charge in [0.2, 0.25) is 0 Å². The molecule has 8 heteroatoms. The van der Waals surface area contributed by atoms with Gasteiger partial charge in [-0.3, -0.25) is 0 Å². The van der Waals surface area contributed by atoms with Crippen molar-refractivity contribution in [2.75, 3.05) is 7.11 Å². The Morgan fingerprint density at radius 2 is 1.90 bits per heavy atom. The van der Waals surface area contributed by atoms with Gasteiger partial charge < -0.3 is 9.84 Å². The fraction of sp³-hybridized carbons (Fsp3) is 0.261. The van der Waals surface area contributed by atoms with E-state index in [-0.39, 0.29) is 34.6 Å². The Bertz CT molecular complexity index is 1170. The van der Waals surface area contributed by atoms with Gasteiger partial charge in [-0.05, 0) is 55.3 Å². The van der Waals surface area contributed by atoms with Gasteiger partial charge in [0.15, 0.2) is 9.84 Å². The number of aliphatic hydroxyl groups excluding tert-OH is 1. The fourth-order valence-corrected chi connectivity index (χ4v) is 6.11. The molecule has 0 fully saturated rings. The summed E-state index contributed by atoms with van der Waals surface area (Å²) < 4.78 is 45.9. The van der Waals surface area contributed by atoms with Crippen LogP contribution in [0, 0.1) is 5.82 Å². The molecule has 5 nitrogen and oxygen atoms in total. The number of allylic oxidation sites excluding steroid dienone is 2. The van der Waals surface area contributed by atoms with Crippen LogP contribution in [-0.2, 0) is 24.1 Å². The Hall–Kier alpha value is -2.64. The van der Waals surface area contributed by atoms with Crippen LogP contribution in [-0.4, -0.2) is 26.6 Å². The molecule has 1 atom stereocenters. The van der Waals surface area contributed by atoms with Gasteiger partial charge in [-0.15, -0.1) is 0 Å². The second-order valence-corrected chi connectivity index (χ2v) is 9.98. The summed E-state index contributed by atoms with van der Waals surface area (Å²) >= 11 is 5.92. The lowest BCUT2D eigenvalue weighted by molar-refractivity contribution is -0.136. The number of carbonyl (C=O) groups excluding carboxylic acids is 1. The number of hydrogen-bond acceptors (Lipinski definition) is 5. The van der Waals surface area contributed by atoms with Crippen LogP contribution in [0.1, 0.15) is 37.3 Å². The summed E-state index contributed by atoms with van der Waals surface area (Å²) in [7, 11) is -3.08. The Morgan fingerprint density at radius 3 is 2.52 bits per heavy atom. The van der Waals surface area contributed by atoms with Crippen molar-refractivity contribution in [3.8, 4) is 0 Å². The zero-order valence-corrected chi connectivity index (χ0v) is 18.6. The largest absolute Gasteiger partial charge is 0.512 e. The van der Waals surface area contributed by atoms with Crippen molar-refractivity contribution in [2.24, 2.45) is 0 Å². The molecule has 0 saturated carbocycles. The number of ether oxygens (including phenoxy) is 1. The van der Waals surface area contributed by atoms with E-state index in [1.165, 1.54) is 36.4 Å². The van der Waals surface area contributed by atoms with Crippen molar-refractivity contribution in [2.45, 2.75) is 35.8 Å². The van der Waals surface area contributed by atoms with Crippen LogP contribution in [0.3, 0.4) is 0 Å². The minimum absolute atomic E-state index is 0.0571. The minimum Gasteiger partial charge on any atom is -0.512 e. The molecule has 0 radical (unpaired) electrons. The number of sulfone groups is 1. The fourth-order valence-electron chi connectivity index (χ4n) is 3.89. The average molecular weight is 465 g/mol. The number of aliphatic hydroxyl groups is 1. The lowest BCUT2D eigenvalue weighted by atomic mass is 9.81. The first kappa shape index (κ1) is 23.0. The van der Waals surface area contributed by atoms with Crippen LogP contribution < -0.4 is 0 Å². The molecule has 1 N–H and O–H groups in total. The first-order chi connectivity index (χ1) is 14.7. The Morgan fingerprint density at radius 1 is 1.23 bits per heavy atom. The lowest BCUT2D eigenvalue weighted by Gasteiger charge is -2.37. The summed E-state index contributed by atoms with van der Waals surface area (Å²) in [5.74, 6) is -1.81. The first-order valence-electron chi connectivity index (χ1n) is 9.58. The second-order valence-electron chi connectivity index (χ2n) is 7.28. The van der Waals surface area contributed by atoms with Crippen LogP contribution >= 0.6 is 11.6 Å². The van der Waals surface area contributed by atoms with Gasteiger partial charge in [-0.2, -0.15) is 0 Å². The summed E-state index contributed by atoms with van der Waals surface area (Å²) in [5.41, 5.74) is 0.372. The molecule has 1 unspecified atom stereocenters. The number of hydrogen-bond donors (Lipinski definition) is 1. The maximum Gasteiger partial charge on any atom is 0.337 e. The quantitative estimate of drug-likeness (QED) is 0.603. The van der Waals surface area contributed by atoms with Gasteiger partial charge in [0, 0.05) is 23.4 Å². The van der Waals surface area contributed by atoms with Crippen molar-refractivity contribution in [3.05, 3.63) is 81.8 Å². The number of halogens is 2. The zero-order chi connectivity index (χ0) is 22.8. The van der Waals surface area contributed by atoms with Crippen molar-refractivity contribution in [1.82, 2.24) is 0 Å². The summed E-state index contributed by atoms with van der Waals surface area (Å²) in [4.78, 5) is 12.2. The average Bonchev–Trinajstić information content (AvgIpc) is 2.75. The van der Waals surface area contributed by atoms with Gasteiger partial charge in [-0.1, -0.05) is 29.8 Å². The molecule has 2 aromatic rings. The van der Waals surface area contributed by atoms with E-state index in [0.717, 1.165) is 7.11 Å². The normalized spacial score (nSPS) is 19.6. The van der Waals surface area contributed by atoms with E-state index in [4.69, 9.17) is 16.3 Å².